The zero-order valence-electron chi connectivity index (χ0n) is 14.7. The summed E-state index contributed by atoms with van der Waals surface area (Å²) in [6.07, 6.45) is 0. The van der Waals surface area contributed by atoms with E-state index in [1.165, 1.54) is 12.1 Å². The third-order valence-electron chi connectivity index (χ3n) is 4.19. The number of benzene rings is 2. The van der Waals surface area contributed by atoms with Gasteiger partial charge in [-0.05, 0) is 29.8 Å². The Morgan fingerprint density at radius 2 is 1.67 bits per heavy atom. The van der Waals surface area contributed by atoms with E-state index >= 15 is 0 Å². The van der Waals surface area contributed by atoms with Crippen molar-refractivity contribution in [3.63, 3.8) is 0 Å². The maximum atomic E-state index is 12.4. The number of sulfonamides is 1. The van der Waals surface area contributed by atoms with Crippen LogP contribution in [0.3, 0.4) is 0 Å². The molecule has 1 aliphatic rings. The van der Waals surface area contributed by atoms with E-state index < -0.39 is 10.0 Å². The third-order valence-corrected chi connectivity index (χ3v) is 5.61. The molecule has 0 unspecified atom stereocenters. The van der Waals surface area contributed by atoms with Gasteiger partial charge in [-0.1, -0.05) is 30.3 Å². The van der Waals surface area contributed by atoms with Gasteiger partial charge >= 0.3 is 6.03 Å². The van der Waals surface area contributed by atoms with Gasteiger partial charge in [0.1, 0.15) is 0 Å². The third kappa shape index (κ3) is 5.76. The summed E-state index contributed by atoms with van der Waals surface area (Å²) >= 11 is 0. The van der Waals surface area contributed by atoms with Crippen LogP contribution < -0.4 is 26.2 Å². The monoisotopic (exact) mass is 389 g/mol. The van der Waals surface area contributed by atoms with Crippen LogP contribution >= 0.6 is 0 Å². The van der Waals surface area contributed by atoms with Gasteiger partial charge in [-0.25, -0.2) is 17.9 Å². The maximum absolute atomic E-state index is 12.4. The second-order valence-corrected chi connectivity index (χ2v) is 8.06. The van der Waals surface area contributed by atoms with Crippen LogP contribution in [0.4, 0.5) is 10.5 Å². The van der Waals surface area contributed by atoms with Crippen LogP contribution in [-0.2, 0) is 16.6 Å². The van der Waals surface area contributed by atoms with Gasteiger partial charge < -0.3 is 10.6 Å². The number of hydrogen-bond acceptors (Lipinski definition) is 5. The van der Waals surface area contributed by atoms with E-state index in [-0.39, 0.29) is 17.5 Å². The molecule has 1 saturated heterocycles. The lowest BCUT2D eigenvalue weighted by Crippen LogP contribution is -2.34. The standard InChI is InChI=1S/C18H23N5O3S/c24-18(19-10-15-11-20-21-12-15)23-16-6-8-17(9-7-16)27(25,26)22-13-14-4-2-1-3-5-14/h1-9,15,20-22H,10-13H2,(H2,19,23,24). The Labute approximate surface area is 158 Å². The molecule has 0 spiro atoms. The lowest BCUT2D eigenvalue weighted by Gasteiger charge is -2.11. The number of hydrogen-bond donors (Lipinski definition) is 5. The van der Waals surface area contributed by atoms with Crippen molar-refractivity contribution in [1.29, 1.82) is 0 Å². The molecule has 2 aromatic rings. The van der Waals surface area contributed by atoms with Crippen molar-refractivity contribution in [3.8, 4) is 0 Å². The Morgan fingerprint density at radius 3 is 2.33 bits per heavy atom. The average molecular weight is 389 g/mol. The van der Waals surface area contributed by atoms with Crippen molar-refractivity contribution in [2.45, 2.75) is 11.4 Å². The first-order valence-corrected chi connectivity index (χ1v) is 10.2. The quantitative estimate of drug-likeness (QED) is 0.485. The van der Waals surface area contributed by atoms with E-state index in [1.807, 2.05) is 30.3 Å². The van der Waals surface area contributed by atoms with Crippen LogP contribution in [0.1, 0.15) is 5.56 Å². The zero-order chi connectivity index (χ0) is 19.1. The van der Waals surface area contributed by atoms with Crippen LogP contribution in [0.25, 0.3) is 0 Å². The first kappa shape index (κ1) is 19.3. The molecule has 0 atom stereocenters. The van der Waals surface area contributed by atoms with Crippen LogP contribution in [0.5, 0.6) is 0 Å². The number of carbonyl (C=O) groups is 1. The van der Waals surface area contributed by atoms with Crippen molar-refractivity contribution in [2.75, 3.05) is 25.0 Å². The Bertz CT molecular complexity index is 850. The van der Waals surface area contributed by atoms with Gasteiger partial charge in [-0.15, -0.1) is 0 Å². The highest BCUT2D eigenvalue weighted by molar-refractivity contribution is 7.89. The molecule has 8 nitrogen and oxygen atoms in total. The Kier molecular flexibility index (Phi) is 6.40. The molecule has 27 heavy (non-hydrogen) atoms. The summed E-state index contributed by atoms with van der Waals surface area (Å²) in [4.78, 5) is 12.1. The SMILES string of the molecule is O=C(NCC1CNNC1)Nc1ccc(S(=O)(=O)NCc2ccccc2)cc1. The van der Waals surface area contributed by atoms with E-state index in [4.69, 9.17) is 0 Å². The van der Waals surface area contributed by atoms with E-state index in [2.05, 4.69) is 26.2 Å². The van der Waals surface area contributed by atoms with Crippen molar-refractivity contribution in [3.05, 3.63) is 60.2 Å². The molecule has 1 heterocycles. The highest BCUT2D eigenvalue weighted by Gasteiger charge is 2.16. The predicted octanol–water partition coefficient (Wildman–Crippen LogP) is 1.01. The second-order valence-electron chi connectivity index (χ2n) is 6.30. The van der Waals surface area contributed by atoms with Crippen LogP contribution in [0.15, 0.2) is 59.5 Å². The molecule has 0 saturated carbocycles. The van der Waals surface area contributed by atoms with E-state index in [0.717, 1.165) is 18.7 Å². The van der Waals surface area contributed by atoms with Gasteiger partial charge in [0.25, 0.3) is 0 Å². The number of anilines is 1. The van der Waals surface area contributed by atoms with Gasteiger partial charge in [-0.3, -0.25) is 10.9 Å². The first-order chi connectivity index (χ1) is 13.0. The molecule has 0 aromatic heterocycles. The fraction of sp³-hybridized carbons (Fsp3) is 0.278. The molecule has 0 aliphatic carbocycles. The molecule has 1 aliphatic heterocycles. The number of amides is 2. The van der Waals surface area contributed by atoms with Gasteiger partial charge in [0.2, 0.25) is 10.0 Å². The Balaban J connectivity index is 1.51. The minimum Gasteiger partial charge on any atom is -0.337 e. The smallest absolute Gasteiger partial charge is 0.319 e. The second kappa shape index (κ2) is 8.96. The van der Waals surface area contributed by atoms with E-state index in [0.29, 0.717) is 18.2 Å². The average Bonchev–Trinajstić information content (AvgIpc) is 3.20. The summed E-state index contributed by atoms with van der Waals surface area (Å²) in [6, 6.07) is 15.0. The van der Waals surface area contributed by atoms with E-state index in [1.54, 1.807) is 12.1 Å². The normalized spacial score (nSPS) is 14.8. The minimum absolute atomic E-state index is 0.146. The minimum atomic E-state index is -3.62. The molecule has 1 fully saturated rings. The highest BCUT2D eigenvalue weighted by Crippen LogP contribution is 2.14. The van der Waals surface area contributed by atoms with Crippen LogP contribution in [0, 0.1) is 5.92 Å². The van der Waals surface area contributed by atoms with Gasteiger partial charge in [0.05, 0.1) is 4.90 Å². The molecule has 9 heteroatoms. The molecule has 144 valence electrons. The number of urea groups is 1. The summed E-state index contributed by atoms with van der Waals surface area (Å²) in [6.45, 7) is 2.39. The predicted molar refractivity (Wildman–Crippen MR) is 103 cm³/mol. The topological polar surface area (TPSA) is 111 Å². The van der Waals surface area contributed by atoms with Gasteiger partial charge in [-0.2, -0.15) is 0 Å². The van der Waals surface area contributed by atoms with Gasteiger partial charge in [0, 0.05) is 37.8 Å². The molecule has 0 bridgehead atoms. The summed E-state index contributed by atoms with van der Waals surface area (Å²) in [7, 11) is -3.62. The fourth-order valence-corrected chi connectivity index (χ4v) is 3.65. The molecule has 5 N–H and O–H groups in total. The first-order valence-electron chi connectivity index (χ1n) is 8.67. The fourth-order valence-electron chi connectivity index (χ4n) is 2.64. The van der Waals surface area contributed by atoms with Crippen LogP contribution in [-0.4, -0.2) is 34.1 Å². The number of nitrogens with one attached hydrogen (secondary N) is 5. The van der Waals surface area contributed by atoms with Crippen molar-refractivity contribution >= 4 is 21.7 Å². The number of rotatable bonds is 7. The maximum Gasteiger partial charge on any atom is 0.319 e. The summed E-state index contributed by atoms with van der Waals surface area (Å²) < 4.78 is 27.3. The van der Waals surface area contributed by atoms with Gasteiger partial charge in [0.15, 0.2) is 0 Å². The van der Waals surface area contributed by atoms with Crippen LogP contribution in [0.2, 0.25) is 0 Å². The molecule has 2 aromatic carbocycles. The summed E-state index contributed by atoms with van der Waals surface area (Å²) in [5.41, 5.74) is 7.41. The summed E-state index contributed by atoms with van der Waals surface area (Å²) in [5.74, 6) is 0.346. The van der Waals surface area contributed by atoms with E-state index in [9.17, 15) is 13.2 Å². The van der Waals surface area contributed by atoms with Crippen molar-refractivity contribution in [2.24, 2.45) is 5.92 Å². The lowest BCUT2D eigenvalue weighted by molar-refractivity contribution is 0.250. The zero-order valence-corrected chi connectivity index (χ0v) is 15.6. The Hall–Kier alpha value is -2.46. The summed E-state index contributed by atoms with van der Waals surface area (Å²) in [5, 5.41) is 5.49. The Morgan fingerprint density at radius 1 is 1.00 bits per heavy atom. The van der Waals surface area contributed by atoms with Crippen molar-refractivity contribution < 1.29 is 13.2 Å². The molecule has 0 radical (unpaired) electrons. The van der Waals surface area contributed by atoms with Crippen molar-refractivity contribution in [1.82, 2.24) is 20.9 Å². The molecule has 3 rings (SSSR count). The highest BCUT2D eigenvalue weighted by atomic mass is 32.2. The molecule has 2 amide bonds. The molecular weight excluding hydrogens is 366 g/mol. The lowest BCUT2D eigenvalue weighted by atomic mass is 10.2. The largest absolute Gasteiger partial charge is 0.337 e. The number of carbonyl (C=O) groups excluding carboxylic acids is 1. The number of hydrazine groups is 1. The molecular formula is C18H23N5O3S.